The molecule has 0 saturated carbocycles. The van der Waals surface area contributed by atoms with E-state index in [1.807, 2.05) is 24.3 Å². The van der Waals surface area contributed by atoms with Gasteiger partial charge < -0.3 is 5.11 Å². The van der Waals surface area contributed by atoms with E-state index in [9.17, 15) is 9.59 Å². The number of aromatic amines is 1. The topological polar surface area (TPSA) is 83.0 Å². The number of benzene rings is 1. The lowest BCUT2D eigenvalue weighted by atomic mass is 10.1. The van der Waals surface area contributed by atoms with E-state index < -0.39 is 11.5 Å². The van der Waals surface area contributed by atoms with Crippen LogP contribution in [0.5, 0.6) is 0 Å². The molecule has 2 N–H and O–H groups in total. The van der Waals surface area contributed by atoms with Crippen molar-refractivity contribution in [2.24, 2.45) is 0 Å². The SMILES string of the molecule is CCc1ccc(-c2cc(CC(=O)O)c(=O)[nH]n2)cc1. The van der Waals surface area contributed by atoms with Crippen molar-refractivity contribution in [1.82, 2.24) is 10.2 Å². The average Bonchev–Trinajstić information content (AvgIpc) is 2.41. The number of aryl methyl sites for hydroxylation is 1. The van der Waals surface area contributed by atoms with Gasteiger partial charge in [-0.05, 0) is 18.1 Å². The zero-order valence-electron chi connectivity index (χ0n) is 10.5. The summed E-state index contributed by atoms with van der Waals surface area (Å²) in [5, 5.41) is 15.0. The molecule has 19 heavy (non-hydrogen) atoms. The van der Waals surface area contributed by atoms with Gasteiger partial charge in [0.25, 0.3) is 5.56 Å². The molecule has 2 rings (SSSR count). The van der Waals surface area contributed by atoms with Crippen LogP contribution >= 0.6 is 0 Å². The maximum absolute atomic E-state index is 11.5. The van der Waals surface area contributed by atoms with Crippen molar-refractivity contribution in [2.45, 2.75) is 19.8 Å². The van der Waals surface area contributed by atoms with Gasteiger partial charge in [0.15, 0.2) is 0 Å². The number of carboxylic acid groups (broad SMARTS) is 1. The van der Waals surface area contributed by atoms with Crippen LogP contribution in [0.4, 0.5) is 0 Å². The van der Waals surface area contributed by atoms with Crippen LogP contribution in [0.3, 0.4) is 0 Å². The van der Waals surface area contributed by atoms with Crippen molar-refractivity contribution >= 4 is 5.97 Å². The summed E-state index contributed by atoms with van der Waals surface area (Å²) in [6, 6.07) is 9.31. The summed E-state index contributed by atoms with van der Waals surface area (Å²) in [5.74, 6) is -1.04. The normalized spacial score (nSPS) is 10.4. The zero-order chi connectivity index (χ0) is 13.8. The smallest absolute Gasteiger partial charge is 0.308 e. The monoisotopic (exact) mass is 258 g/mol. The van der Waals surface area contributed by atoms with Crippen molar-refractivity contribution in [3.63, 3.8) is 0 Å². The van der Waals surface area contributed by atoms with Crippen LogP contribution in [0.15, 0.2) is 35.1 Å². The summed E-state index contributed by atoms with van der Waals surface area (Å²) in [5.41, 5.74) is 2.37. The molecule has 0 aliphatic heterocycles. The fourth-order valence-corrected chi connectivity index (χ4v) is 1.80. The number of hydrogen-bond acceptors (Lipinski definition) is 3. The Kier molecular flexibility index (Phi) is 3.75. The molecule has 0 unspecified atom stereocenters. The van der Waals surface area contributed by atoms with Gasteiger partial charge in [0, 0.05) is 11.1 Å². The Morgan fingerprint density at radius 1 is 1.32 bits per heavy atom. The molecule has 0 fully saturated rings. The third-order valence-electron chi connectivity index (χ3n) is 2.88. The number of carbonyl (C=O) groups is 1. The number of aliphatic carboxylic acids is 1. The van der Waals surface area contributed by atoms with Crippen LogP contribution in [0, 0.1) is 0 Å². The van der Waals surface area contributed by atoms with Crippen LogP contribution in [0.2, 0.25) is 0 Å². The predicted octanol–water partition coefficient (Wildman–Crippen LogP) is 1.63. The number of aromatic nitrogens is 2. The highest BCUT2D eigenvalue weighted by atomic mass is 16.4. The second-order valence-corrected chi connectivity index (χ2v) is 4.23. The first-order valence-corrected chi connectivity index (χ1v) is 6.00. The van der Waals surface area contributed by atoms with E-state index in [4.69, 9.17) is 5.11 Å². The number of rotatable bonds is 4. The molecule has 0 aliphatic rings. The summed E-state index contributed by atoms with van der Waals surface area (Å²) >= 11 is 0. The molecule has 98 valence electrons. The minimum Gasteiger partial charge on any atom is -0.481 e. The van der Waals surface area contributed by atoms with Crippen molar-refractivity contribution in [3.05, 3.63) is 51.8 Å². The van der Waals surface area contributed by atoms with Crippen LogP contribution in [0.25, 0.3) is 11.3 Å². The maximum atomic E-state index is 11.5. The van der Waals surface area contributed by atoms with E-state index in [0.717, 1.165) is 12.0 Å². The number of nitrogens with one attached hydrogen (secondary N) is 1. The predicted molar refractivity (Wildman–Crippen MR) is 71.0 cm³/mol. The fraction of sp³-hybridized carbons (Fsp3) is 0.214. The molecule has 1 aromatic carbocycles. The van der Waals surface area contributed by atoms with E-state index >= 15 is 0 Å². The molecular weight excluding hydrogens is 244 g/mol. The molecule has 0 atom stereocenters. The molecule has 1 heterocycles. The maximum Gasteiger partial charge on any atom is 0.308 e. The van der Waals surface area contributed by atoms with Gasteiger partial charge in [-0.15, -0.1) is 0 Å². The second-order valence-electron chi connectivity index (χ2n) is 4.23. The van der Waals surface area contributed by atoms with Gasteiger partial charge in [0.05, 0.1) is 12.1 Å². The molecular formula is C14H14N2O3. The molecule has 0 radical (unpaired) electrons. The molecule has 0 bridgehead atoms. The summed E-state index contributed by atoms with van der Waals surface area (Å²) in [4.78, 5) is 22.1. The first-order valence-electron chi connectivity index (χ1n) is 6.00. The van der Waals surface area contributed by atoms with E-state index in [1.54, 1.807) is 0 Å². The summed E-state index contributed by atoms with van der Waals surface area (Å²) in [6.45, 7) is 2.07. The molecule has 0 aliphatic carbocycles. The van der Waals surface area contributed by atoms with Crippen LogP contribution in [-0.4, -0.2) is 21.3 Å². The lowest BCUT2D eigenvalue weighted by Crippen LogP contribution is -2.17. The standard InChI is InChI=1S/C14H14N2O3/c1-2-9-3-5-10(6-4-9)12-7-11(8-13(17)18)14(19)16-15-12/h3-7H,2,8H2,1H3,(H,16,19)(H,17,18). The Morgan fingerprint density at radius 3 is 2.58 bits per heavy atom. The first kappa shape index (κ1) is 13.0. The largest absolute Gasteiger partial charge is 0.481 e. The number of hydrogen-bond donors (Lipinski definition) is 2. The van der Waals surface area contributed by atoms with Crippen molar-refractivity contribution < 1.29 is 9.90 Å². The van der Waals surface area contributed by atoms with E-state index in [-0.39, 0.29) is 12.0 Å². The van der Waals surface area contributed by atoms with Crippen LogP contribution in [0.1, 0.15) is 18.1 Å². The summed E-state index contributed by atoms with van der Waals surface area (Å²) in [7, 11) is 0. The van der Waals surface area contributed by atoms with E-state index in [0.29, 0.717) is 5.69 Å². The Balaban J connectivity index is 2.39. The molecule has 1 aromatic heterocycles. The zero-order valence-corrected chi connectivity index (χ0v) is 10.5. The van der Waals surface area contributed by atoms with Gasteiger partial charge in [0.2, 0.25) is 0 Å². The van der Waals surface area contributed by atoms with Gasteiger partial charge in [-0.25, -0.2) is 5.10 Å². The first-order chi connectivity index (χ1) is 9.10. The van der Waals surface area contributed by atoms with Gasteiger partial charge in [0.1, 0.15) is 0 Å². The molecule has 0 spiro atoms. The van der Waals surface area contributed by atoms with Crippen molar-refractivity contribution in [1.29, 1.82) is 0 Å². The Labute approximate surface area is 109 Å². The Morgan fingerprint density at radius 2 is 2.00 bits per heavy atom. The van der Waals surface area contributed by atoms with Gasteiger partial charge in [-0.3, -0.25) is 9.59 Å². The van der Waals surface area contributed by atoms with E-state index in [2.05, 4.69) is 17.1 Å². The van der Waals surface area contributed by atoms with Crippen LogP contribution in [-0.2, 0) is 17.6 Å². The minimum absolute atomic E-state index is 0.206. The summed E-state index contributed by atoms with van der Waals surface area (Å²) < 4.78 is 0. The highest BCUT2D eigenvalue weighted by Crippen LogP contribution is 2.17. The number of carboxylic acids is 1. The lowest BCUT2D eigenvalue weighted by molar-refractivity contribution is -0.136. The van der Waals surface area contributed by atoms with Gasteiger partial charge in [-0.1, -0.05) is 31.2 Å². The highest BCUT2D eigenvalue weighted by Gasteiger charge is 2.08. The number of H-pyrrole nitrogens is 1. The Hall–Kier alpha value is -2.43. The second kappa shape index (κ2) is 5.48. The third kappa shape index (κ3) is 3.07. The molecule has 0 amide bonds. The van der Waals surface area contributed by atoms with Gasteiger partial charge in [-0.2, -0.15) is 5.10 Å². The average molecular weight is 258 g/mol. The molecule has 2 aromatic rings. The highest BCUT2D eigenvalue weighted by molar-refractivity contribution is 5.71. The van der Waals surface area contributed by atoms with Crippen molar-refractivity contribution in [3.8, 4) is 11.3 Å². The molecule has 5 heteroatoms. The quantitative estimate of drug-likeness (QED) is 0.873. The fourth-order valence-electron chi connectivity index (χ4n) is 1.80. The van der Waals surface area contributed by atoms with Crippen molar-refractivity contribution in [2.75, 3.05) is 0 Å². The minimum atomic E-state index is -1.04. The molecule has 5 nitrogen and oxygen atoms in total. The number of nitrogens with zero attached hydrogens (tertiary/aromatic N) is 1. The lowest BCUT2D eigenvalue weighted by Gasteiger charge is -2.03. The molecule has 0 saturated heterocycles. The Bertz CT molecular complexity index is 644. The van der Waals surface area contributed by atoms with E-state index in [1.165, 1.54) is 11.6 Å². The third-order valence-corrected chi connectivity index (χ3v) is 2.88. The van der Waals surface area contributed by atoms with Gasteiger partial charge >= 0.3 is 5.97 Å². The van der Waals surface area contributed by atoms with Crippen LogP contribution < -0.4 is 5.56 Å². The summed E-state index contributed by atoms with van der Waals surface area (Å²) in [6.07, 6.45) is 0.640.